The van der Waals surface area contributed by atoms with E-state index in [2.05, 4.69) is 33.4 Å². The van der Waals surface area contributed by atoms with Crippen molar-refractivity contribution in [2.24, 2.45) is 0 Å². The average Bonchev–Trinajstić information content (AvgIpc) is 2.71. The van der Waals surface area contributed by atoms with Crippen molar-refractivity contribution in [3.8, 4) is 17.6 Å². The molecule has 1 N–H and O–H groups in total. The molecule has 0 saturated carbocycles. The molecule has 1 aromatic carbocycles. The number of hydrogen-bond acceptors (Lipinski definition) is 6. The summed E-state index contributed by atoms with van der Waals surface area (Å²) in [6, 6.07) is 12.3. The van der Waals surface area contributed by atoms with Crippen LogP contribution in [0.3, 0.4) is 0 Å². The third-order valence-corrected chi connectivity index (χ3v) is 4.95. The maximum Gasteiger partial charge on any atom is 0.130 e. The van der Waals surface area contributed by atoms with Gasteiger partial charge in [-0.15, -0.1) is 0 Å². The Morgan fingerprint density at radius 2 is 1.70 bits per heavy atom. The number of nitrogens with zero attached hydrogens (tertiary/aromatic N) is 3. The zero-order valence-corrected chi connectivity index (χ0v) is 18.4. The van der Waals surface area contributed by atoms with E-state index in [-0.39, 0.29) is 12.2 Å². The van der Waals surface area contributed by atoms with Crippen molar-refractivity contribution >= 4 is 5.82 Å². The van der Waals surface area contributed by atoms with Crippen LogP contribution in [0.4, 0.5) is 5.82 Å². The first-order valence-corrected chi connectivity index (χ1v) is 10.8. The molecule has 1 saturated heterocycles. The zero-order valence-electron chi connectivity index (χ0n) is 18.4. The third kappa shape index (κ3) is 6.11. The molecule has 0 radical (unpaired) electrons. The van der Waals surface area contributed by atoms with E-state index in [4.69, 9.17) is 9.47 Å². The second-order valence-corrected chi connectivity index (χ2v) is 8.27. The van der Waals surface area contributed by atoms with Crippen molar-refractivity contribution in [2.45, 2.75) is 65.3 Å². The minimum atomic E-state index is 0.0849. The minimum Gasteiger partial charge on any atom is -0.491 e. The number of piperidine rings is 1. The van der Waals surface area contributed by atoms with Gasteiger partial charge in [0.05, 0.1) is 23.8 Å². The molecule has 0 spiro atoms. The van der Waals surface area contributed by atoms with Gasteiger partial charge in [0, 0.05) is 24.8 Å². The Kier molecular flexibility index (Phi) is 7.53. The molecule has 1 aliphatic rings. The molecule has 1 aliphatic heterocycles. The fraction of sp³-hybridized carbons (Fsp3) is 0.500. The van der Waals surface area contributed by atoms with Crippen LogP contribution < -0.4 is 19.7 Å². The van der Waals surface area contributed by atoms with Gasteiger partial charge in [0.2, 0.25) is 0 Å². The molecule has 3 rings (SSSR count). The number of nitriles is 1. The third-order valence-electron chi connectivity index (χ3n) is 4.95. The van der Waals surface area contributed by atoms with Crippen molar-refractivity contribution in [3.05, 3.63) is 47.7 Å². The Morgan fingerprint density at radius 3 is 2.27 bits per heavy atom. The summed E-state index contributed by atoms with van der Waals surface area (Å²) in [5, 5.41) is 12.8. The van der Waals surface area contributed by atoms with Gasteiger partial charge in [-0.25, -0.2) is 4.98 Å². The highest BCUT2D eigenvalue weighted by atomic mass is 16.5. The fourth-order valence-corrected chi connectivity index (χ4v) is 3.76. The van der Waals surface area contributed by atoms with Crippen molar-refractivity contribution in [3.63, 3.8) is 0 Å². The van der Waals surface area contributed by atoms with Crippen molar-refractivity contribution < 1.29 is 9.47 Å². The predicted molar refractivity (Wildman–Crippen MR) is 119 cm³/mol. The molecule has 2 heterocycles. The molecule has 6 nitrogen and oxygen atoms in total. The lowest BCUT2D eigenvalue weighted by Gasteiger charge is -2.36. The first kappa shape index (κ1) is 21.9. The van der Waals surface area contributed by atoms with Crippen molar-refractivity contribution in [2.75, 3.05) is 18.0 Å². The van der Waals surface area contributed by atoms with Gasteiger partial charge in [-0.2, -0.15) is 5.26 Å². The molecule has 0 unspecified atom stereocenters. The van der Waals surface area contributed by atoms with Crippen LogP contribution in [0.1, 0.15) is 51.7 Å². The fourth-order valence-electron chi connectivity index (χ4n) is 3.76. The highest BCUT2D eigenvalue weighted by molar-refractivity contribution is 5.48. The molecule has 0 aliphatic carbocycles. The van der Waals surface area contributed by atoms with Gasteiger partial charge in [0.1, 0.15) is 17.3 Å². The van der Waals surface area contributed by atoms with Gasteiger partial charge >= 0.3 is 0 Å². The molecular weight excluding hydrogens is 376 g/mol. The van der Waals surface area contributed by atoms with Gasteiger partial charge in [-0.3, -0.25) is 0 Å². The average molecular weight is 409 g/mol. The molecule has 160 valence electrons. The van der Waals surface area contributed by atoms with Crippen LogP contribution in [0.15, 0.2) is 36.5 Å². The molecule has 30 heavy (non-hydrogen) atoms. The predicted octanol–water partition coefficient (Wildman–Crippen LogP) is 4.29. The van der Waals surface area contributed by atoms with Gasteiger partial charge < -0.3 is 19.7 Å². The molecule has 0 bridgehead atoms. The second-order valence-electron chi connectivity index (χ2n) is 8.27. The summed E-state index contributed by atoms with van der Waals surface area (Å²) in [4.78, 5) is 6.91. The van der Waals surface area contributed by atoms with E-state index >= 15 is 0 Å². The normalized spacial score (nSPS) is 14.6. The molecule has 2 aromatic rings. The number of hydrogen-bond donors (Lipinski definition) is 1. The summed E-state index contributed by atoms with van der Waals surface area (Å²) in [7, 11) is 0. The smallest absolute Gasteiger partial charge is 0.130 e. The van der Waals surface area contributed by atoms with Crippen LogP contribution in [0.25, 0.3) is 0 Å². The van der Waals surface area contributed by atoms with Gasteiger partial charge in [-0.05, 0) is 83.5 Å². The largest absolute Gasteiger partial charge is 0.491 e. The molecule has 0 amide bonds. The second kappa shape index (κ2) is 10.3. The Morgan fingerprint density at radius 1 is 1.07 bits per heavy atom. The molecule has 1 fully saturated rings. The minimum absolute atomic E-state index is 0.0849. The molecular formula is C24H32N4O2. The standard InChI is InChI=1S/C24H32N4O2/c1-17(2)29-22-11-20(12-23(14-22)30-18(3)4)16-28(21-6-8-26-9-7-21)24-13-19(15-25)5-10-27-24/h5,10-14,17-18,21,26H,6-9,16H2,1-4H3. The Hall–Kier alpha value is -2.78. The summed E-state index contributed by atoms with van der Waals surface area (Å²) < 4.78 is 12.0. The first-order chi connectivity index (χ1) is 14.4. The van der Waals surface area contributed by atoms with Crippen LogP contribution in [-0.4, -0.2) is 36.3 Å². The highest BCUT2D eigenvalue weighted by Gasteiger charge is 2.23. The SMILES string of the molecule is CC(C)Oc1cc(CN(c2cc(C#N)ccn2)C2CCNCC2)cc(OC(C)C)c1. The summed E-state index contributed by atoms with van der Waals surface area (Å²) in [6.07, 6.45) is 3.96. The van der Waals surface area contributed by atoms with Crippen LogP contribution in [-0.2, 0) is 6.54 Å². The van der Waals surface area contributed by atoms with Gasteiger partial charge in [0.15, 0.2) is 0 Å². The maximum absolute atomic E-state index is 9.35. The van der Waals surface area contributed by atoms with Gasteiger partial charge in [0.25, 0.3) is 0 Å². The van der Waals surface area contributed by atoms with Crippen molar-refractivity contribution in [1.82, 2.24) is 10.3 Å². The number of aromatic nitrogens is 1. The lowest BCUT2D eigenvalue weighted by Crippen LogP contribution is -2.43. The van der Waals surface area contributed by atoms with E-state index in [0.717, 1.165) is 48.8 Å². The summed E-state index contributed by atoms with van der Waals surface area (Å²) >= 11 is 0. The lowest BCUT2D eigenvalue weighted by molar-refractivity contribution is 0.228. The van der Waals surface area contributed by atoms with E-state index in [1.807, 2.05) is 39.8 Å². The van der Waals surface area contributed by atoms with Gasteiger partial charge in [-0.1, -0.05) is 0 Å². The lowest BCUT2D eigenvalue weighted by atomic mass is 10.0. The van der Waals surface area contributed by atoms with Crippen LogP contribution in [0.2, 0.25) is 0 Å². The molecule has 1 aromatic heterocycles. The molecule has 0 atom stereocenters. The first-order valence-electron chi connectivity index (χ1n) is 10.8. The maximum atomic E-state index is 9.35. The Bertz CT molecular complexity index is 841. The Balaban J connectivity index is 1.95. The zero-order chi connectivity index (χ0) is 21.5. The number of anilines is 1. The topological polar surface area (TPSA) is 70.4 Å². The van der Waals surface area contributed by atoms with E-state index in [9.17, 15) is 5.26 Å². The van der Waals surface area contributed by atoms with Crippen LogP contribution in [0, 0.1) is 11.3 Å². The number of ether oxygens (including phenoxy) is 2. The van der Waals surface area contributed by atoms with Crippen molar-refractivity contribution in [1.29, 1.82) is 5.26 Å². The quantitative estimate of drug-likeness (QED) is 0.703. The van der Waals surface area contributed by atoms with E-state index in [0.29, 0.717) is 18.2 Å². The summed E-state index contributed by atoms with van der Waals surface area (Å²) in [5.74, 6) is 2.45. The van der Waals surface area contributed by atoms with Crippen LogP contribution >= 0.6 is 0 Å². The number of rotatable bonds is 8. The number of pyridine rings is 1. The monoisotopic (exact) mass is 408 g/mol. The van der Waals surface area contributed by atoms with E-state index in [1.54, 1.807) is 12.3 Å². The van der Waals surface area contributed by atoms with E-state index < -0.39 is 0 Å². The number of benzene rings is 1. The number of nitrogens with one attached hydrogen (secondary N) is 1. The highest BCUT2D eigenvalue weighted by Crippen LogP contribution is 2.29. The van der Waals surface area contributed by atoms with Crippen LogP contribution in [0.5, 0.6) is 11.5 Å². The molecule has 6 heteroatoms. The summed E-state index contributed by atoms with van der Waals surface area (Å²) in [5.41, 5.74) is 1.73. The Labute approximate surface area is 179 Å². The van der Waals surface area contributed by atoms with E-state index in [1.165, 1.54) is 0 Å². The summed E-state index contributed by atoms with van der Waals surface area (Å²) in [6.45, 7) is 10.7.